The van der Waals surface area contributed by atoms with Crippen molar-refractivity contribution in [3.8, 4) is 0 Å². The van der Waals surface area contributed by atoms with Crippen LogP contribution in [0.15, 0.2) is 0 Å². The quantitative estimate of drug-likeness (QED) is 0.752. The number of rotatable bonds is 3. The second kappa shape index (κ2) is 8.83. The third-order valence-corrected chi connectivity index (χ3v) is 6.66. The summed E-state index contributed by atoms with van der Waals surface area (Å²) >= 11 is 0. The number of carbonyl (C=O) groups is 3. The number of piperidine rings is 1. The molecule has 0 aromatic heterocycles. The Kier molecular flexibility index (Phi) is 6.66. The Hall–Kier alpha value is -1.59. The van der Waals surface area contributed by atoms with Crippen molar-refractivity contribution in [1.82, 2.24) is 15.1 Å². The monoisotopic (exact) mass is 391 g/mol. The molecule has 2 aliphatic heterocycles. The fourth-order valence-electron chi connectivity index (χ4n) is 4.88. The van der Waals surface area contributed by atoms with Crippen LogP contribution in [0.25, 0.3) is 0 Å². The third kappa shape index (κ3) is 5.06. The summed E-state index contributed by atoms with van der Waals surface area (Å²) in [6.07, 6.45) is 8.96. The molecule has 0 bridgehead atoms. The molecule has 1 atom stereocenters. The largest absolute Gasteiger partial charge is 0.353 e. The van der Waals surface area contributed by atoms with Crippen LogP contribution < -0.4 is 5.32 Å². The fraction of sp³-hybridized carbons (Fsp3) is 0.864. The normalized spacial score (nSPS) is 25.7. The van der Waals surface area contributed by atoms with Crippen molar-refractivity contribution in [3.63, 3.8) is 0 Å². The van der Waals surface area contributed by atoms with Gasteiger partial charge in [0.1, 0.15) is 0 Å². The average molecular weight is 392 g/mol. The van der Waals surface area contributed by atoms with E-state index in [0.29, 0.717) is 32.1 Å². The van der Waals surface area contributed by atoms with Gasteiger partial charge in [-0.05, 0) is 46.5 Å². The first-order valence-corrected chi connectivity index (χ1v) is 11.2. The molecule has 0 radical (unpaired) electrons. The lowest BCUT2D eigenvalue weighted by atomic mass is 9.94. The van der Waals surface area contributed by atoms with Crippen LogP contribution in [0.1, 0.15) is 78.6 Å². The minimum Gasteiger partial charge on any atom is -0.353 e. The molecule has 3 rings (SSSR count). The van der Waals surface area contributed by atoms with E-state index in [2.05, 4.69) is 5.32 Å². The highest BCUT2D eigenvalue weighted by molar-refractivity contribution is 5.90. The maximum absolute atomic E-state index is 12.9. The van der Waals surface area contributed by atoms with Crippen LogP contribution in [0.3, 0.4) is 0 Å². The van der Waals surface area contributed by atoms with Crippen LogP contribution in [0.5, 0.6) is 0 Å². The van der Waals surface area contributed by atoms with Crippen molar-refractivity contribution >= 4 is 17.7 Å². The highest BCUT2D eigenvalue weighted by Gasteiger charge is 2.41. The minimum atomic E-state index is -0.241. The molecule has 3 fully saturated rings. The van der Waals surface area contributed by atoms with Crippen LogP contribution in [0.4, 0.5) is 0 Å². The summed E-state index contributed by atoms with van der Waals surface area (Å²) in [5, 5.41) is 3.26. The molecule has 6 heteroatoms. The van der Waals surface area contributed by atoms with Gasteiger partial charge in [0, 0.05) is 43.6 Å². The van der Waals surface area contributed by atoms with E-state index in [0.717, 1.165) is 25.7 Å². The van der Waals surface area contributed by atoms with Gasteiger partial charge in [-0.1, -0.05) is 25.7 Å². The molecule has 0 aromatic carbocycles. The predicted octanol–water partition coefficient (Wildman–Crippen LogP) is 2.71. The zero-order chi connectivity index (χ0) is 20.3. The second-order valence-electron chi connectivity index (χ2n) is 9.87. The molecule has 1 saturated carbocycles. The molecule has 1 aliphatic carbocycles. The van der Waals surface area contributed by atoms with Gasteiger partial charge in [0.2, 0.25) is 17.7 Å². The first-order chi connectivity index (χ1) is 13.3. The second-order valence-corrected chi connectivity index (χ2v) is 9.87. The molecule has 3 aliphatic rings. The highest BCUT2D eigenvalue weighted by atomic mass is 16.2. The van der Waals surface area contributed by atoms with Crippen molar-refractivity contribution in [2.24, 2.45) is 11.8 Å². The van der Waals surface area contributed by atoms with Crippen molar-refractivity contribution in [2.45, 2.75) is 90.1 Å². The number of nitrogens with zero attached hydrogens (tertiary/aromatic N) is 2. The third-order valence-electron chi connectivity index (χ3n) is 6.66. The van der Waals surface area contributed by atoms with Gasteiger partial charge >= 0.3 is 0 Å². The molecule has 0 aromatic rings. The first kappa shape index (κ1) is 21.1. The Morgan fingerprint density at radius 1 is 0.929 bits per heavy atom. The maximum atomic E-state index is 12.9. The van der Waals surface area contributed by atoms with Gasteiger partial charge in [0.05, 0.1) is 5.92 Å². The topological polar surface area (TPSA) is 69.7 Å². The lowest BCUT2D eigenvalue weighted by Crippen LogP contribution is -2.47. The van der Waals surface area contributed by atoms with Crippen molar-refractivity contribution in [2.75, 3.05) is 19.6 Å². The van der Waals surface area contributed by atoms with Crippen LogP contribution >= 0.6 is 0 Å². The predicted molar refractivity (Wildman–Crippen MR) is 109 cm³/mol. The Bertz CT molecular complexity index is 582. The summed E-state index contributed by atoms with van der Waals surface area (Å²) in [5.74, 6) is 0.117. The Labute approximate surface area is 169 Å². The van der Waals surface area contributed by atoms with Gasteiger partial charge < -0.3 is 15.1 Å². The van der Waals surface area contributed by atoms with Gasteiger partial charge in [-0.3, -0.25) is 14.4 Å². The zero-order valence-corrected chi connectivity index (χ0v) is 17.8. The smallest absolute Gasteiger partial charge is 0.227 e. The van der Waals surface area contributed by atoms with Gasteiger partial charge in [-0.15, -0.1) is 0 Å². The highest BCUT2D eigenvalue weighted by Crippen LogP contribution is 2.29. The summed E-state index contributed by atoms with van der Waals surface area (Å²) < 4.78 is 0. The summed E-state index contributed by atoms with van der Waals surface area (Å²) in [6, 6.07) is 0.336. The molecule has 28 heavy (non-hydrogen) atoms. The summed E-state index contributed by atoms with van der Waals surface area (Å²) in [7, 11) is 0. The van der Waals surface area contributed by atoms with E-state index in [-0.39, 0.29) is 35.1 Å². The summed E-state index contributed by atoms with van der Waals surface area (Å²) in [5.41, 5.74) is -0.241. The minimum absolute atomic E-state index is 0.0172. The Morgan fingerprint density at radius 2 is 1.54 bits per heavy atom. The lowest BCUT2D eigenvalue weighted by molar-refractivity contribution is -0.139. The molecule has 1 unspecified atom stereocenters. The standard InChI is InChI=1S/C22H37N3O3/c1-22(2,3)25-15-17(14-19(25)26)21(28)24-12-10-16(11-13-24)20(27)23-18-8-6-4-5-7-9-18/h16-18H,4-15H2,1-3H3,(H,23,27). The van der Waals surface area contributed by atoms with Gasteiger partial charge in [-0.2, -0.15) is 0 Å². The zero-order valence-electron chi connectivity index (χ0n) is 17.8. The van der Waals surface area contributed by atoms with Gasteiger partial charge in [0.25, 0.3) is 0 Å². The van der Waals surface area contributed by atoms with Crippen molar-refractivity contribution in [1.29, 1.82) is 0 Å². The van der Waals surface area contributed by atoms with E-state index in [9.17, 15) is 14.4 Å². The van der Waals surface area contributed by atoms with Crippen LogP contribution in [-0.4, -0.2) is 58.7 Å². The first-order valence-electron chi connectivity index (χ1n) is 11.2. The molecule has 158 valence electrons. The summed E-state index contributed by atoms with van der Waals surface area (Å²) in [6.45, 7) is 7.80. The fourth-order valence-corrected chi connectivity index (χ4v) is 4.88. The van der Waals surface area contributed by atoms with Crippen molar-refractivity contribution < 1.29 is 14.4 Å². The average Bonchev–Trinajstić information content (AvgIpc) is 2.88. The molecule has 1 N–H and O–H groups in total. The van der Waals surface area contributed by atoms with E-state index in [1.807, 2.05) is 30.6 Å². The summed E-state index contributed by atoms with van der Waals surface area (Å²) in [4.78, 5) is 41.5. The molecular weight excluding hydrogens is 354 g/mol. The molecule has 2 saturated heterocycles. The van der Waals surface area contributed by atoms with E-state index in [1.54, 1.807) is 0 Å². The lowest BCUT2D eigenvalue weighted by Gasteiger charge is -2.34. The number of hydrogen-bond donors (Lipinski definition) is 1. The van der Waals surface area contributed by atoms with E-state index in [1.165, 1.54) is 25.7 Å². The maximum Gasteiger partial charge on any atom is 0.227 e. The number of likely N-dealkylation sites (tertiary alicyclic amines) is 2. The van der Waals surface area contributed by atoms with Gasteiger partial charge in [-0.25, -0.2) is 0 Å². The SMILES string of the molecule is CC(C)(C)N1CC(C(=O)N2CCC(C(=O)NC3CCCCCC3)CC2)CC1=O. The molecule has 0 spiro atoms. The van der Waals surface area contributed by atoms with E-state index >= 15 is 0 Å². The van der Waals surface area contributed by atoms with Crippen LogP contribution in [0, 0.1) is 11.8 Å². The van der Waals surface area contributed by atoms with Crippen LogP contribution in [0.2, 0.25) is 0 Å². The molecular formula is C22H37N3O3. The van der Waals surface area contributed by atoms with Crippen molar-refractivity contribution in [3.05, 3.63) is 0 Å². The van der Waals surface area contributed by atoms with Gasteiger partial charge in [0.15, 0.2) is 0 Å². The molecule has 2 heterocycles. The van der Waals surface area contributed by atoms with E-state index in [4.69, 9.17) is 0 Å². The number of nitrogens with one attached hydrogen (secondary N) is 1. The molecule has 6 nitrogen and oxygen atoms in total. The molecule has 3 amide bonds. The number of amides is 3. The Balaban J connectivity index is 1.46. The number of carbonyl (C=O) groups excluding carboxylic acids is 3. The number of hydrogen-bond acceptors (Lipinski definition) is 3. The van der Waals surface area contributed by atoms with Crippen LogP contribution in [-0.2, 0) is 14.4 Å². The van der Waals surface area contributed by atoms with E-state index < -0.39 is 0 Å². The Morgan fingerprint density at radius 3 is 2.07 bits per heavy atom.